The van der Waals surface area contributed by atoms with Gasteiger partial charge in [-0.25, -0.2) is 0 Å². The van der Waals surface area contributed by atoms with E-state index >= 15 is 0 Å². The molecule has 478 valence electrons. The Balaban J connectivity index is 4.08. The molecule has 0 rings (SSSR count). The molecule has 82 heavy (non-hydrogen) atoms. The molecule has 0 aromatic rings. The van der Waals surface area contributed by atoms with Crippen LogP contribution in [-0.4, -0.2) is 37.2 Å². The van der Waals surface area contributed by atoms with E-state index in [1.165, 1.54) is 250 Å². The minimum absolute atomic E-state index is 0.0780. The first-order chi connectivity index (χ1) is 40.5. The third-order valence-electron chi connectivity index (χ3n) is 16.2. The van der Waals surface area contributed by atoms with Crippen LogP contribution in [0.25, 0.3) is 0 Å². The molecule has 0 aliphatic heterocycles. The zero-order valence-electron chi connectivity index (χ0n) is 55.0. The third kappa shape index (κ3) is 67.9. The standard InChI is InChI=1S/C76H138O6/c1-4-7-10-13-16-19-22-25-27-29-30-31-32-33-34-35-36-37-38-39-40-41-42-43-44-45-46-47-49-51-54-57-60-63-66-69-75(78)81-72-73(71-80-74(77)68-65-62-59-56-53-50-24-21-18-15-12-9-6-3)82-76(79)70-67-64-61-58-55-52-48-28-26-23-20-17-14-11-8-5-2/h12,15,21-22,24-25,28-30,48,73H,4-11,13-14,16-20,23,26-27,31-47,49-72H2,1-3H3/b15-12-,24-21-,25-22-,30-29-,48-28-. The van der Waals surface area contributed by atoms with Gasteiger partial charge < -0.3 is 14.2 Å². The van der Waals surface area contributed by atoms with E-state index in [1.807, 2.05) is 0 Å². The second-order valence-corrected chi connectivity index (χ2v) is 24.5. The molecule has 0 spiro atoms. The van der Waals surface area contributed by atoms with Gasteiger partial charge in [-0.05, 0) is 103 Å². The van der Waals surface area contributed by atoms with E-state index in [-0.39, 0.29) is 31.1 Å². The quantitative estimate of drug-likeness (QED) is 0.0261. The van der Waals surface area contributed by atoms with Gasteiger partial charge in [0.05, 0.1) is 0 Å². The first-order valence-electron chi connectivity index (χ1n) is 36.3. The fourth-order valence-electron chi connectivity index (χ4n) is 10.7. The monoisotopic (exact) mass is 1150 g/mol. The van der Waals surface area contributed by atoms with Gasteiger partial charge in [-0.2, -0.15) is 0 Å². The largest absolute Gasteiger partial charge is 0.462 e. The molecular formula is C76H138O6. The highest BCUT2D eigenvalue weighted by Gasteiger charge is 2.19. The summed E-state index contributed by atoms with van der Waals surface area (Å²) in [6.07, 6.45) is 91.3. The lowest BCUT2D eigenvalue weighted by Gasteiger charge is -2.18. The first-order valence-corrected chi connectivity index (χ1v) is 36.3. The average Bonchev–Trinajstić information content (AvgIpc) is 3.47. The molecule has 0 N–H and O–H groups in total. The molecule has 0 fully saturated rings. The minimum atomic E-state index is -0.783. The van der Waals surface area contributed by atoms with Crippen LogP contribution in [0.3, 0.4) is 0 Å². The van der Waals surface area contributed by atoms with Gasteiger partial charge in [0, 0.05) is 19.3 Å². The number of esters is 3. The summed E-state index contributed by atoms with van der Waals surface area (Å²) >= 11 is 0. The normalized spacial score (nSPS) is 12.4. The van der Waals surface area contributed by atoms with E-state index in [0.717, 1.165) is 96.3 Å². The van der Waals surface area contributed by atoms with Crippen molar-refractivity contribution in [1.82, 2.24) is 0 Å². The Morgan fingerprint density at radius 1 is 0.244 bits per heavy atom. The molecule has 1 atom stereocenters. The maximum absolute atomic E-state index is 12.9. The fraction of sp³-hybridized carbons (Fsp3) is 0.829. The lowest BCUT2D eigenvalue weighted by molar-refractivity contribution is -0.167. The summed E-state index contributed by atoms with van der Waals surface area (Å²) in [6.45, 7) is 6.60. The number of unbranched alkanes of at least 4 members (excludes halogenated alkanes) is 46. The Bertz CT molecular complexity index is 1460. The van der Waals surface area contributed by atoms with Crippen molar-refractivity contribution in [3.8, 4) is 0 Å². The summed E-state index contributed by atoms with van der Waals surface area (Å²) in [5.74, 6) is -0.880. The summed E-state index contributed by atoms with van der Waals surface area (Å²) in [4.78, 5) is 38.3. The van der Waals surface area contributed by atoms with Gasteiger partial charge in [-0.3, -0.25) is 14.4 Å². The summed E-state index contributed by atoms with van der Waals surface area (Å²) in [5.41, 5.74) is 0. The number of ether oxygens (including phenoxy) is 3. The molecule has 0 aromatic carbocycles. The Morgan fingerprint density at radius 3 is 0.732 bits per heavy atom. The van der Waals surface area contributed by atoms with Crippen LogP contribution in [0.15, 0.2) is 60.8 Å². The third-order valence-corrected chi connectivity index (χ3v) is 16.2. The maximum Gasteiger partial charge on any atom is 0.306 e. The first kappa shape index (κ1) is 79.1. The number of carbonyl (C=O) groups excluding carboxylic acids is 3. The van der Waals surface area contributed by atoms with Crippen LogP contribution < -0.4 is 0 Å². The van der Waals surface area contributed by atoms with Gasteiger partial charge in [0.15, 0.2) is 6.10 Å². The van der Waals surface area contributed by atoms with Crippen LogP contribution in [-0.2, 0) is 28.6 Å². The van der Waals surface area contributed by atoms with Crippen LogP contribution in [0.2, 0.25) is 0 Å². The smallest absolute Gasteiger partial charge is 0.306 e. The number of carbonyl (C=O) groups is 3. The molecule has 0 amide bonds. The number of allylic oxidation sites excluding steroid dienone is 10. The lowest BCUT2D eigenvalue weighted by Crippen LogP contribution is -2.30. The van der Waals surface area contributed by atoms with Gasteiger partial charge in [-0.1, -0.05) is 326 Å². The highest BCUT2D eigenvalue weighted by atomic mass is 16.6. The molecule has 6 heteroatoms. The van der Waals surface area contributed by atoms with E-state index in [0.29, 0.717) is 19.3 Å². The SMILES string of the molecule is CCC/C=C\C/C=C\CCCCCCCC(=O)OCC(COC(=O)CCCCCCCCCCCCCCCCCCCCCCCCC/C=C\C/C=C\CCCCCCC)OC(=O)CCCCCCC/C=C\CCCCCCCCC. The molecule has 0 bridgehead atoms. The highest BCUT2D eigenvalue weighted by molar-refractivity contribution is 5.71. The lowest BCUT2D eigenvalue weighted by atomic mass is 10.0. The predicted molar refractivity (Wildman–Crippen MR) is 358 cm³/mol. The summed E-state index contributed by atoms with van der Waals surface area (Å²) < 4.78 is 16.9. The Kier molecular flexibility index (Phi) is 68.1. The number of hydrogen-bond donors (Lipinski definition) is 0. The highest BCUT2D eigenvalue weighted by Crippen LogP contribution is 2.18. The number of hydrogen-bond acceptors (Lipinski definition) is 6. The van der Waals surface area contributed by atoms with Crippen molar-refractivity contribution < 1.29 is 28.6 Å². The van der Waals surface area contributed by atoms with E-state index in [2.05, 4.69) is 81.5 Å². The molecule has 0 saturated heterocycles. The van der Waals surface area contributed by atoms with E-state index in [4.69, 9.17) is 14.2 Å². The molecule has 0 radical (unpaired) electrons. The topological polar surface area (TPSA) is 78.9 Å². The van der Waals surface area contributed by atoms with Crippen molar-refractivity contribution in [3.05, 3.63) is 60.8 Å². The van der Waals surface area contributed by atoms with Crippen molar-refractivity contribution in [3.63, 3.8) is 0 Å². The van der Waals surface area contributed by atoms with Gasteiger partial charge in [0.1, 0.15) is 13.2 Å². The zero-order valence-corrected chi connectivity index (χ0v) is 55.0. The molecule has 0 heterocycles. The molecule has 1 unspecified atom stereocenters. The van der Waals surface area contributed by atoms with E-state index in [1.54, 1.807) is 0 Å². The summed E-state index contributed by atoms with van der Waals surface area (Å²) in [5, 5.41) is 0. The van der Waals surface area contributed by atoms with Crippen molar-refractivity contribution in [1.29, 1.82) is 0 Å². The maximum atomic E-state index is 12.9. The Hall–Kier alpha value is -2.89. The Morgan fingerprint density at radius 2 is 0.463 bits per heavy atom. The van der Waals surface area contributed by atoms with Crippen LogP contribution >= 0.6 is 0 Å². The second-order valence-electron chi connectivity index (χ2n) is 24.5. The molecule has 0 saturated carbocycles. The zero-order chi connectivity index (χ0) is 59.2. The minimum Gasteiger partial charge on any atom is -0.462 e. The number of rotatable bonds is 67. The van der Waals surface area contributed by atoms with Gasteiger partial charge in [0.2, 0.25) is 0 Å². The Labute approximate surface area is 510 Å². The predicted octanol–water partition coefficient (Wildman–Crippen LogP) is 25.1. The molecule has 0 aromatic heterocycles. The molecular weight excluding hydrogens is 1010 g/mol. The molecule has 0 aliphatic rings. The van der Waals surface area contributed by atoms with E-state index in [9.17, 15) is 14.4 Å². The van der Waals surface area contributed by atoms with Gasteiger partial charge >= 0.3 is 17.9 Å². The summed E-state index contributed by atoms with van der Waals surface area (Å²) in [6, 6.07) is 0. The van der Waals surface area contributed by atoms with Gasteiger partial charge in [-0.15, -0.1) is 0 Å². The van der Waals surface area contributed by atoms with Crippen LogP contribution in [0.1, 0.15) is 387 Å². The molecule has 6 nitrogen and oxygen atoms in total. The van der Waals surface area contributed by atoms with Crippen molar-refractivity contribution in [2.75, 3.05) is 13.2 Å². The second kappa shape index (κ2) is 70.6. The van der Waals surface area contributed by atoms with Crippen molar-refractivity contribution in [2.24, 2.45) is 0 Å². The van der Waals surface area contributed by atoms with E-state index < -0.39 is 6.10 Å². The van der Waals surface area contributed by atoms with Crippen molar-refractivity contribution >= 4 is 17.9 Å². The van der Waals surface area contributed by atoms with Crippen molar-refractivity contribution in [2.45, 2.75) is 393 Å². The molecule has 0 aliphatic carbocycles. The van der Waals surface area contributed by atoms with Crippen LogP contribution in [0.5, 0.6) is 0 Å². The van der Waals surface area contributed by atoms with Crippen LogP contribution in [0, 0.1) is 0 Å². The fourth-order valence-corrected chi connectivity index (χ4v) is 10.7. The summed E-state index contributed by atoms with van der Waals surface area (Å²) in [7, 11) is 0. The average molecular weight is 1150 g/mol. The van der Waals surface area contributed by atoms with Gasteiger partial charge in [0.25, 0.3) is 0 Å². The van der Waals surface area contributed by atoms with Crippen LogP contribution in [0.4, 0.5) is 0 Å².